The molecule has 128 valence electrons. The lowest BCUT2D eigenvalue weighted by Crippen LogP contribution is -2.45. The first-order chi connectivity index (χ1) is 10.9. The molecule has 0 radical (unpaired) electrons. The quantitative estimate of drug-likeness (QED) is 0.780. The van der Waals surface area contributed by atoms with E-state index in [-0.39, 0.29) is 24.9 Å². The second-order valence-corrected chi connectivity index (χ2v) is 7.18. The molecule has 0 aliphatic carbocycles. The van der Waals surface area contributed by atoms with E-state index in [2.05, 4.69) is 5.32 Å². The molecule has 1 aliphatic heterocycles. The summed E-state index contributed by atoms with van der Waals surface area (Å²) in [4.78, 5) is 12.3. The summed E-state index contributed by atoms with van der Waals surface area (Å²) in [6, 6.07) is 7.78. The van der Waals surface area contributed by atoms with Gasteiger partial charge in [0.25, 0.3) is 10.2 Å². The Balaban J connectivity index is 1.87. The molecular formula is C15H23N3O4S. The third-order valence-corrected chi connectivity index (χ3v) is 5.14. The third-order valence-electron chi connectivity index (χ3n) is 4.06. The molecule has 0 unspecified atom stereocenters. The highest BCUT2D eigenvalue weighted by Crippen LogP contribution is 2.19. The van der Waals surface area contributed by atoms with Crippen LogP contribution in [0.3, 0.4) is 0 Å². The van der Waals surface area contributed by atoms with Gasteiger partial charge in [-0.1, -0.05) is 24.3 Å². The zero-order valence-corrected chi connectivity index (χ0v) is 14.0. The summed E-state index contributed by atoms with van der Waals surface area (Å²) in [5.74, 6) is -0.228. The van der Waals surface area contributed by atoms with Gasteiger partial charge in [0.1, 0.15) is 0 Å². The third kappa shape index (κ3) is 5.00. The van der Waals surface area contributed by atoms with Gasteiger partial charge < -0.3 is 10.1 Å². The average Bonchev–Trinajstić information content (AvgIpc) is 2.53. The Bertz CT molecular complexity index is 640. The van der Waals surface area contributed by atoms with Gasteiger partial charge in [-0.15, -0.1) is 0 Å². The minimum atomic E-state index is -3.65. The van der Waals surface area contributed by atoms with Crippen molar-refractivity contribution in [1.29, 1.82) is 0 Å². The topological polar surface area (TPSA) is 102 Å². The van der Waals surface area contributed by atoms with E-state index in [1.165, 1.54) is 4.31 Å². The highest BCUT2D eigenvalue weighted by molar-refractivity contribution is 7.86. The summed E-state index contributed by atoms with van der Waals surface area (Å²) in [5, 5.41) is 8.02. The number of carbonyl (C=O) groups is 1. The molecular weight excluding hydrogens is 318 g/mol. The average molecular weight is 341 g/mol. The number of carbonyl (C=O) groups excluding carboxylic acids is 1. The van der Waals surface area contributed by atoms with Crippen LogP contribution in [0.5, 0.6) is 0 Å². The Labute approximate surface area is 137 Å². The predicted octanol–water partition coefficient (Wildman–Crippen LogP) is 0.365. The highest BCUT2D eigenvalue weighted by atomic mass is 32.2. The molecule has 1 saturated heterocycles. The zero-order chi connectivity index (χ0) is 16.9. The summed E-state index contributed by atoms with van der Waals surface area (Å²) >= 11 is 0. The molecule has 7 nitrogen and oxygen atoms in total. The summed E-state index contributed by atoms with van der Waals surface area (Å²) in [6.45, 7) is 1.51. The molecule has 3 N–H and O–H groups in total. The van der Waals surface area contributed by atoms with Crippen molar-refractivity contribution in [2.45, 2.75) is 26.0 Å². The minimum Gasteiger partial charge on any atom is -0.380 e. The number of nitrogens with one attached hydrogen (secondary N) is 1. The van der Waals surface area contributed by atoms with Crippen LogP contribution in [0.25, 0.3) is 0 Å². The largest absolute Gasteiger partial charge is 0.380 e. The van der Waals surface area contributed by atoms with Crippen LogP contribution in [0, 0.1) is 5.92 Å². The number of nitrogens with zero attached hydrogens (tertiary/aromatic N) is 1. The number of benzene rings is 1. The van der Waals surface area contributed by atoms with Crippen molar-refractivity contribution in [3.8, 4) is 0 Å². The van der Waals surface area contributed by atoms with Gasteiger partial charge in [-0.2, -0.15) is 12.7 Å². The van der Waals surface area contributed by atoms with Crippen molar-refractivity contribution in [2.24, 2.45) is 11.1 Å². The van der Waals surface area contributed by atoms with E-state index in [4.69, 9.17) is 9.88 Å². The molecule has 1 aliphatic rings. The molecule has 1 aromatic rings. The molecule has 0 saturated carbocycles. The van der Waals surface area contributed by atoms with Gasteiger partial charge in [0.05, 0.1) is 6.61 Å². The lowest BCUT2D eigenvalue weighted by atomic mass is 9.97. The lowest BCUT2D eigenvalue weighted by Gasteiger charge is -2.29. The first-order valence-electron chi connectivity index (χ1n) is 7.53. The van der Waals surface area contributed by atoms with Gasteiger partial charge in [0.15, 0.2) is 0 Å². The lowest BCUT2D eigenvalue weighted by molar-refractivity contribution is -0.126. The van der Waals surface area contributed by atoms with E-state index in [0.29, 0.717) is 26.0 Å². The monoisotopic (exact) mass is 341 g/mol. The van der Waals surface area contributed by atoms with Gasteiger partial charge in [-0.3, -0.25) is 4.79 Å². The number of hydrogen-bond acceptors (Lipinski definition) is 4. The zero-order valence-electron chi connectivity index (χ0n) is 13.2. The van der Waals surface area contributed by atoms with Crippen LogP contribution in [0.4, 0.5) is 0 Å². The van der Waals surface area contributed by atoms with Crippen LogP contribution >= 0.6 is 0 Å². The Kier molecular flexibility index (Phi) is 6.11. The van der Waals surface area contributed by atoms with Crippen molar-refractivity contribution < 1.29 is 17.9 Å². The number of hydrogen-bond donors (Lipinski definition) is 2. The van der Waals surface area contributed by atoms with E-state index < -0.39 is 10.2 Å². The van der Waals surface area contributed by atoms with E-state index in [0.717, 1.165) is 11.1 Å². The molecule has 1 aromatic carbocycles. The number of rotatable bonds is 6. The van der Waals surface area contributed by atoms with E-state index in [9.17, 15) is 13.2 Å². The van der Waals surface area contributed by atoms with Gasteiger partial charge in [0, 0.05) is 32.7 Å². The molecule has 0 aromatic heterocycles. The Morgan fingerprint density at radius 3 is 2.48 bits per heavy atom. The SMILES string of the molecule is COCc1ccccc1CNC(=O)C1CCN(S(N)(=O)=O)CC1. The molecule has 1 fully saturated rings. The number of methoxy groups -OCH3 is 1. The maximum atomic E-state index is 12.3. The second-order valence-electron chi connectivity index (χ2n) is 5.64. The number of nitrogens with two attached hydrogens (primary N) is 1. The smallest absolute Gasteiger partial charge is 0.276 e. The van der Waals surface area contributed by atoms with Crippen LogP contribution in [-0.2, 0) is 32.9 Å². The summed E-state index contributed by atoms with van der Waals surface area (Å²) < 4.78 is 28.9. The minimum absolute atomic E-state index is 0.0497. The fourth-order valence-corrected chi connectivity index (χ4v) is 3.45. The number of piperidine rings is 1. The first kappa shape index (κ1) is 17.9. The van der Waals surface area contributed by atoms with Crippen molar-refractivity contribution in [2.75, 3.05) is 20.2 Å². The number of amides is 1. The normalized spacial score (nSPS) is 17.1. The molecule has 23 heavy (non-hydrogen) atoms. The molecule has 0 spiro atoms. The summed E-state index contributed by atoms with van der Waals surface area (Å²) in [6.07, 6.45) is 0.976. The molecule has 2 rings (SSSR count). The molecule has 8 heteroatoms. The van der Waals surface area contributed by atoms with Gasteiger partial charge >= 0.3 is 0 Å². The van der Waals surface area contributed by atoms with E-state index in [1.54, 1.807) is 7.11 Å². The second kappa shape index (κ2) is 7.87. The van der Waals surface area contributed by atoms with Crippen LogP contribution in [0.2, 0.25) is 0 Å². The molecule has 0 bridgehead atoms. The van der Waals surface area contributed by atoms with Crippen molar-refractivity contribution >= 4 is 16.1 Å². The summed E-state index contributed by atoms with van der Waals surface area (Å²) in [5.41, 5.74) is 2.06. The van der Waals surface area contributed by atoms with Crippen LogP contribution in [0.1, 0.15) is 24.0 Å². The highest BCUT2D eigenvalue weighted by Gasteiger charge is 2.29. The molecule has 0 atom stereocenters. The fourth-order valence-electron chi connectivity index (χ4n) is 2.73. The van der Waals surface area contributed by atoms with Crippen LogP contribution in [-0.4, -0.2) is 38.8 Å². The maximum Gasteiger partial charge on any atom is 0.276 e. The van der Waals surface area contributed by atoms with Crippen LogP contribution < -0.4 is 10.5 Å². The van der Waals surface area contributed by atoms with Gasteiger partial charge in [0.2, 0.25) is 5.91 Å². The van der Waals surface area contributed by atoms with Gasteiger partial charge in [-0.05, 0) is 24.0 Å². The van der Waals surface area contributed by atoms with Crippen molar-refractivity contribution in [1.82, 2.24) is 9.62 Å². The van der Waals surface area contributed by atoms with E-state index >= 15 is 0 Å². The number of ether oxygens (including phenoxy) is 1. The maximum absolute atomic E-state index is 12.3. The fraction of sp³-hybridized carbons (Fsp3) is 0.533. The Morgan fingerprint density at radius 2 is 1.91 bits per heavy atom. The Morgan fingerprint density at radius 1 is 1.30 bits per heavy atom. The van der Waals surface area contributed by atoms with Crippen molar-refractivity contribution in [3.05, 3.63) is 35.4 Å². The van der Waals surface area contributed by atoms with Crippen molar-refractivity contribution in [3.63, 3.8) is 0 Å². The molecule has 1 heterocycles. The standard InChI is InChI=1S/C15H23N3O4S/c1-22-11-14-5-3-2-4-13(14)10-17-15(19)12-6-8-18(9-7-12)23(16,20)21/h2-5,12H,6-11H2,1H3,(H,17,19)(H2,16,20,21). The first-order valence-corrected chi connectivity index (χ1v) is 9.03. The molecule has 1 amide bonds. The van der Waals surface area contributed by atoms with Gasteiger partial charge in [-0.25, -0.2) is 5.14 Å². The Hall–Kier alpha value is -1.48. The summed E-state index contributed by atoms with van der Waals surface area (Å²) in [7, 11) is -2.02. The van der Waals surface area contributed by atoms with E-state index in [1.807, 2.05) is 24.3 Å². The van der Waals surface area contributed by atoms with Crippen LogP contribution in [0.15, 0.2) is 24.3 Å². The predicted molar refractivity (Wildman–Crippen MR) is 86.4 cm³/mol.